The highest BCUT2D eigenvalue weighted by Crippen LogP contribution is 2.36. The van der Waals surface area contributed by atoms with Crippen molar-refractivity contribution in [2.24, 2.45) is 0 Å². The molecule has 0 aliphatic heterocycles. The van der Waals surface area contributed by atoms with Crippen molar-refractivity contribution in [1.82, 2.24) is 25.0 Å². The van der Waals surface area contributed by atoms with E-state index in [1.165, 1.54) is 6.20 Å². The summed E-state index contributed by atoms with van der Waals surface area (Å²) in [5.41, 5.74) is 4.39. The van der Waals surface area contributed by atoms with Gasteiger partial charge < -0.3 is 5.73 Å². The van der Waals surface area contributed by atoms with Crippen molar-refractivity contribution >= 4 is 28.2 Å². The molecule has 94 valence electrons. The van der Waals surface area contributed by atoms with Gasteiger partial charge >= 0.3 is 6.18 Å². The lowest BCUT2D eigenvalue weighted by Gasteiger charge is -2.01. The number of aromatic nitrogens is 5. The van der Waals surface area contributed by atoms with Crippen LogP contribution in [0.15, 0.2) is 11.6 Å². The lowest BCUT2D eigenvalue weighted by atomic mass is 10.3. The van der Waals surface area contributed by atoms with Crippen molar-refractivity contribution in [3.63, 3.8) is 0 Å². The second-order valence-corrected chi connectivity index (χ2v) is 4.28. The summed E-state index contributed by atoms with van der Waals surface area (Å²) in [6, 6.07) is 0. The predicted octanol–water partition coefficient (Wildman–Crippen LogP) is 1.81. The molecule has 0 spiro atoms. The number of nitrogens with one attached hydrogen (secondary N) is 1. The van der Waals surface area contributed by atoms with Crippen LogP contribution < -0.4 is 5.73 Å². The van der Waals surface area contributed by atoms with Crippen LogP contribution in [0.3, 0.4) is 0 Å². The van der Waals surface area contributed by atoms with Crippen LogP contribution in [0.4, 0.5) is 19.0 Å². The molecule has 0 amide bonds. The van der Waals surface area contributed by atoms with Crippen LogP contribution in [0.2, 0.25) is 0 Å². The van der Waals surface area contributed by atoms with Crippen molar-refractivity contribution < 1.29 is 13.2 Å². The van der Waals surface area contributed by atoms with Gasteiger partial charge in [-0.25, -0.2) is 4.98 Å². The topological polar surface area (TPSA) is 85.4 Å². The Balaban J connectivity index is 2.36. The van der Waals surface area contributed by atoms with Gasteiger partial charge in [-0.3, -0.25) is 5.10 Å². The molecule has 0 aliphatic carbocycles. The van der Waals surface area contributed by atoms with E-state index in [9.17, 15) is 13.2 Å². The normalized spacial score (nSPS) is 12.4. The maximum atomic E-state index is 12.8. The lowest BCUT2D eigenvalue weighted by molar-refractivity contribution is -0.140. The number of hydrogen-bond acceptors (Lipinski definition) is 5. The molecule has 3 aromatic rings. The summed E-state index contributed by atoms with van der Waals surface area (Å²) in [5.74, 6) is -0.167. The molecule has 0 aromatic carbocycles. The van der Waals surface area contributed by atoms with Gasteiger partial charge in [-0.2, -0.15) is 28.1 Å². The summed E-state index contributed by atoms with van der Waals surface area (Å²) < 4.78 is 39.5. The van der Waals surface area contributed by atoms with Crippen LogP contribution in [-0.4, -0.2) is 25.0 Å². The molecule has 0 radical (unpaired) electrons. The molecule has 0 aliphatic rings. The number of alkyl halides is 3. The monoisotopic (exact) mass is 274 g/mol. The van der Waals surface area contributed by atoms with Crippen molar-refractivity contribution in [2.75, 3.05) is 5.73 Å². The number of H-pyrrole nitrogens is 1. The third-order valence-corrected chi connectivity index (χ3v) is 3.03. The fraction of sp³-hybridized carbons (Fsp3) is 0.125. The number of thiazole rings is 1. The highest BCUT2D eigenvalue weighted by Gasteiger charge is 2.39. The number of halogens is 3. The summed E-state index contributed by atoms with van der Waals surface area (Å²) in [6.07, 6.45) is -3.13. The van der Waals surface area contributed by atoms with E-state index in [1.807, 2.05) is 0 Å². The van der Waals surface area contributed by atoms with E-state index in [0.29, 0.717) is 5.13 Å². The second kappa shape index (κ2) is 3.45. The van der Waals surface area contributed by atoms with Crippen molar-refractivity contribution in [1.29, 1.82) is 0 Å². The summed E-state index contributed by atoms with van der Waals surface area (Å²) >= 11 is 1.15. The predicted molar refractivity (Wildman–Crippen MR) is 58.3 cm³/mol. The first-order valence-corrected chi connectivity index (χ1v) is 5.56. The van der Waals surface area contributed by atoms with Crippen molar-refractivity contribution in [3.8, 4) is 5.13 Å². The smallest absolute Gasteiger partial charge is 0.383 e. The average Bonchev–Trinajstić information content (AvgIpc) is 2.94. The molecule has 3 heterocycles. The summed E-state index contributed by atoms with van der Waals surface area (Å²) in [7, 11) is 0. The molecule has 3 N–H and O–H groups in total. The molecule has 0 unspecified atom stereocenters. The molecule has 18 heavy (non-hydrogen) atoms. The Labute approximate surface area is 101 Å². The number of fused-ring (bicyclic) bond motifs is 1. The standard InChI is InChI=1S/C8H5F3N6S/c9-8(10,11)4-3-5(12)14-15-6(3)17(16-4)7-13-1-2-18-7/h1-2H,(H3,12,14,15). The van der Waals surface area contributed by atoms with E-state index >= 15 is 0 Å². The van der Waals surface area contributed by atoms with E-state index in [0.717, 1.165) is 16.0 Å². The van der Waals surface area contributed by atoms with Gasteiger partial charge in [-0.15, -0.1) is 11.3 Å². The van der Waals surface area contributed by atoms with Gasteiger partial charge in [-0.05, 0) is 0 Å². The number of nitrogens with zero attached hydrogens (tertiary/aromatic N) is 4. The molecule has 10 heteroatoms. The zero-order chi connectivity index (χ0) is 12.9. The van der Waals surface area contributed by atoms with Gasteiger partial charge in [0, 0.05) is 11.6 Å². The lowest BCUT2D eigenvalue weighted by Crippen LogP contribution is -2.08. The quantitative estimate of drug-likeness (QED) is 0.708. The molecule has 0 fully saturated rings. The Morgan fingerprint density at radius 3 is 2.78 bits per heavy atom. The van der Waals surface area contributed by atoms with Crippen LogP contribution in [0.1, 0.15) is 5.69 Å². The summed E-state index contributed by atoms with van der Waals surface area (Å²) in [6.45, 7) is 0. The van der Waals surface area contributed by atoms with E-state index < -0.39 is 11.9 Å². The molecule has 0 atom stereocenters. The van der Waals surface area contributed by atoms with E-state index in [4.69, 9.17) is 5.73 Å². The third-order valence-electron chi connectivity index (χ3n) is 2.28. The average molecular weight is 274 g/mol. The highest BCUT2D eigenvalue weighted by atomic mass is 32.1. The molecular formula is C8H5F3N6S. The van der Waals surface area contributed by atoms with Gasteiger partial charge in [0.25, 0.3) is 0 Å². The number of aromatic amines is 1. The second-order valence-electron chi connectivity index (χ2n) is 3.41. The molecule has 0 saturated carbocycles. The largest absolute Gasteiger partial charge is 0.436 e. The number of hydrogen-bond donors (Lipinski definition) is 2. The van der Waals surface area contributed by atoms with Crippen molar-refractivity contribution in [2.45, 2.75) is 6.18 Å². The number of nitrogens with two attached hydrogens (primary N) is 1. The van der Waals surface area contributed by atoms with E-state index in [2.05, 4.69) is 20.3 Å². The van der Waals surface area contributed by atoms with E-state index in [1.54, 1.807) is 5.38 Å². The number of rotatable bonds is 1. The van der Waals surface area contributed by atoms with Gasteiger partial charge in [0.05, 0.1) is 5.39 Å². The van der Waals surface area contributed by atoms with Crippen LogP contribution in [0.5, 0.6) is 0 Å². The molecular weight excluding hydrogens is 269 g/mol. The third kappa shape index (κ3) is 1.45. The zero-order valence-electron chi connectivity index (χ0n) is 8.56. The minimum atomic E-state index is -4.60. The minimum absolute atomic E-state index is 0.00905. The number of nitrogen functional groups attached to an aromatic ring is 1. The summed E-state index contributed by atoms with van der Waals surface area (Å²) in [5, 5.41) is 11.2. The Kier molecular flexibility index (Phi) is 2.11. The molecule has 0 bridgehead atoms. The molecule has 3 aromatic heterocycles. The van der Waals surface area contributed by atoms with Gasteiger partial charge in [-0.1, -0.05) is 0 Å². The van der Waals surface area contributed by atoms with Crippen LogP contribution in [0, 0.1) is 0 Å². The fourth-order valence-electron chi connectivity index (χ4n) is 1.58. The van der Waals surface area contributed by atoms with Gasteiger partial charge in [0.1, 0.15) is 5.82 Å². The SMILES string of the molecule is Nc1[nH]nc2c1c(C(F)(F)F)nn2-c1nccs1. The first-order chi connectivity index (χ1) is 8.48. The Bertz CT molecular complexity index is 694. The Morgan fingerprint density at radius 2 is 2.17 bits per heavy atom. The maximum absolute atomic E-state index is 12.8. The first-order valence-electron chi connectivity index (χ1n) is 4.68. The summed E-state index contributed by atoms with van der Waals surface area (Å²) in [4.78, 5) is 3.90. The van der Waals surface area contributed by atoms with E-state index in [-0.39, 0.29) is 16.9 Å². The fourth-order valence-corrected chi connectivity index (χ4v) is 2.17. The molecule has 0 saturated heterocycles. The highest BCUT2D eigenvalue weighted by molar-refractivity contribution is 7.12. The minimum Gasteiger partial charge on any atom is -0.383 e. The Hall–Kier alpha value is -2.10. The van der Waals surface area contributed by atoms with Crippen LogP contribution >= 0.6 is 11.3 Å². The van der Waals surface area contributed by atoms with Gasteiger partial charge in [0.15, 0.2) is 11.3 Å². The van der Waals surface area contributed by atoms with Crippen LogP contribution in [-0.2, 0) is 6.18 Å². The first kappa shape index (κ1) is 11.0. The van der Waals surface area contributed by atoms with Crippen LogP contribution in [0.25, 0.3) is 16.2 Å². The zero-order valence-corrected chi connectivity index (χ0v) is 9.38. The maximum Gasteiger partial charge on any atom is 0.436 e. The van der Waals surface area contributed by atoms with Crippen molar-refractivity contribution in [3.05, 3.63) is 17.3 Å². The Morgan fingerprint density at radius 1 is 1.39 bits per heavy atom. The van der Waals surface area contributed by atoms with Gasteiger partial charge in [0.2, 0.25) is 5.13 Å². The molecule has 6 nitrogen and oxygen atoms in total. The number of anilines is 1. The molecule has 3 rings (SSSR count).